The quantitative estimate of drug-likeness (QED) is 0.135. The van der Waals surface area contributed by atoms with E-state index >= 15 is 0 Å². The number of rotatable bonds is 1. The molecule has 4 heteroatoms. The maximum Gasteiger partial charge on any atom is -0.171 e. The molecule has 0 nitrogen and oxygen atoms in total. The molecule has 0 radical (unpaired) electrons. The number of hydrogen-bond donors (Lipinski definition) is 0. The minimum absolute atomic E-state index is 0. The van der Waals surface area contributed by atoms with Gasteiger partial charge in [0.2, 0.25) is 0 Å². The van der Waals surface area contributed by atoms with Gasteiger partial charge in [0.05, 0.1) is 0 Å². The van der Waals surface area contributed by atoms with Crippen molar-refractivity contribution < 1.29 is 24.2 Å². The van der Waals surface area contributed by atoms with Crippen molar-refractivity contribution in [3.05, 3.63) is 125 Å². The van der Waals surface area contributed by atoms with Gasteiger partial charge in [-0.05, 0) is 25.5 Å². The molecular weight excluding hydrogens is 671 g/mol. The first-order chi connectivity index (χ1) is 19.6. The zero-order valence-electron chi connectivity index (χ0n) is 29.4. The van der Waals surface area contributed by atoms with Crippen LogP contribution in [0.1, 0.15) is 84.6 Å². The fraction of sp³-hybridized carbons (Fsp3) is 0.400. The van der Waals surface area contributed by atoms with E-state index in [-0.39, 0.29) is 35.6 Å². The summed E-state index contributed by atoms with van der Waals surface area (Å²) in [5.41, 5.74) is 10.2. The van der Waals surface area contributed by atoms with Crippen LogP contribution in [0.3, 0.4) is 0 Å². The van der Waals surface area contributed by atoms with E-state index in [1.54, 1.807) is 12.1 Å². The first-order valence-corrected chi connectivity index (χ1v) is 20.3. The van der Waals surface area contributed by atoms with Gasteiger partial charge in [0, 0.05) is 0 Å². The Morgan fingerprint density at radius 3 is 1.73 bits per heavy atom. The van der Waals surface area contributed by atoms with Crippen LogP contribution < -0.4 is 0 Å². The van der Waals surface area contributed by atoms with Crippen molar-refractivity contribution in [3.63, 3.8) is 0 Å². The van der Waals surface area contributed by atoms with E-state index in [4.69, 9.17) is 0 Å². The van der Waals surface area contributed by atoms with Gasteiger partial charge >= 0.3 is 28.4 Å². The molecule has 1 unspecified atom stereocenters. The van der Waals surface area contributed by atoms with Gasteiger partial charge in [-0.15, -0.1) is 30.4 Å². The Bertz CT molecular complexity index is 1230. The molecule has 0 amide bonds. The fourth-order valence-electron chi connectivity index (χ4n) is 4.98. The first-order valence-electron chi connectivity index (χ1n) is 15.1. The van der Waals surface area contributed by atoms with Gasteiger partial charge in [0.1, 0.15) is 0 Å². The maximum atomic E-state index is 3.53. The van der Waals surface area contributed by atoms with Gasteiger partial charge in [0.25, 0.3) is 0 Å². The van der Waals surface area contributed by atoms with Gasteiger partial charge in [0.15, 0.2) is 0 Å². The average molecular weight is 727 g/mol. The monoisotopic (exact) mass is 724 g/mol. The Morgan fingerprint density at radius 1 is 0.841 bits per heavy atom. The minimum atomic E-state index is -1.07. The third-order valence-corrected chi connectivity index (χ3v) is 9.36. The molecule has 0 aliphatic heterocycles. The number of benzene rings is 3. The molecule has 0 N–H and O–H groups in total. The molecule has 3 aromatic rings. The summed E-state index contributed by atoms with van der Waals surface area (Å²) in [5.74, 6) is 0.553. The number of hydrogen-bond acceptors (Lipinski definition) is 0. The van der Waals surface area contributed by atoms with Crippen LogP contribution >= 0.6 is 24.8 Å². The normalized spacial score (nSPS) is 14.2. The van der Waals surface area contributed by atoms with Gasteiger partial charge < -0.3 is 6.92 Å². The smallest absolute Gasteiger partial charge is 0.171 e. The van der Waals surface area contributed by atoms with Crippen molar-refractivity contribution in [3.8, 4) is 11.1 Å². The van der Waals surface area contributed by atoms with E-state index in [0.29, 0.717) is 5.92 Å². The SMILES string of the molecule is CC(C)(C)c1c[c-]c2c(c1)-c1cc(C(C)(C)C)ccc1C2.CC1=[C-]C(C)C=C1[Si](C)(C)C.Cl.Cl.[CH2-]C.[CH2]=[Zr].[c-]1ccccc1. The van der Waals surface area contributed by atoms with E-state index in [9.17, 15) is 0 Å². The van der Waals surface area contributed by atoms with Crippen LogP contribution in [0.25, 0.3) is 11.1 Å². The zero-order valence-corrected chi connectivity index (χ0v) is 34.5. The van der Waals surface area contributed by atoms with Gasteiger partial charge in [-0.1, -0.05) is 116 Å². The van der Waals surface area contributed by atoms with Crippen molar-refractivity contribution >= 4 is 37.1 Å². The molecule has 5 rings (SSSR count). The molecule has 0 heterocycles. The molecule has 0 saturated carbocycles. The van der Waals surface area contributed by atoms with Crippen LogP contribution in [-0.2, 0) is 41.5 Å². The summed E-state index contributed by atoms with van der Waals surface area (Å²) in [7, 11) is -1.07. The first kappa shape index (κ1) is 44.8. The van der Waals surface area contributed by atoms with E-state index in [1.165, 1.54) is 63.2 Å². The topological polar surface area (TPSA) is 0 Å². The summed E-state index contributed by atoms with van der Waals surface area (Å²) in [4.78, 5) is 0. The summed E-state index contributed by atoms with van der Waals surface area (Å²) >= 11 is 1.30. The molecular formula is C40H56Cl2SiZr-4. The molecule has 2 aliphatic carbocycles. The average Bonchev–Trinajstić information content (AvgIpc) is 3.49. The summed E-state index contributed by atoms with van der Waals surface area (Å²) < 4.78 is 3.34. The molecule has 2 aliphatic rings. The predicted molar refractivity (Wildman–Crippen MR) is 202 cm³/mol. The van der Waals surface area contributed by atoms with Crippen molar-refractivity contribution in [1.82, 2.24) is 0 Å². The summed E-state index contributed by atoms with van der Waals surface area (Å²) in [5, 5.41) is 1.60. The van der Waals surface area contributed by atoms with Gasteiger partial charge in [-0.3, -0.25) is 6.08 Å². The molecule has 0 fully saturated rings. The van der Waals surface area contributed by atoms with E-state index in [0.717, 1.165) is 6.42 Å². The number of fused-ring (bicyclic) bond motifs is 3. The minimum Gasteiger partial charge on any atom is -0.184 e. The van der Waals surface area contributed by atoms with Crippen molar-refractivity contribution in [1.29, 1.82) is 0 Å². The van der Waals surface area contributed by atoms with E-state index in [2.05, 4.69) is 141 Å². The molecule has 3 aromatic carbocycles. The molecule has 1 atom stereocenters. The Labute approximate surface area is 300 Å². The van der Waals surface area contributed by atoms with Gasteiger partial charge in [-0.25, -0.2) is 10.8 Å². The maximum absolute atomic E-state index is 3.53. The third kappa shape index (κ3) is 13.6. The number of allylic oxidation sites excluding steroid dienone is 4. The summed E-state index contributed by atoms with van der Waals surface area (Å²) in [6.07, 6.45) is 6.84. The van der Waals surface area contributed by atoms with Crippen LogP contribution in [0.2, 0.25) is 19.6 Å². The molecule has 44 heavy (non-hydrogen) atoms. The summed E-state index contributed by atoms with van der Waals surface area (Å²) in [6.45, 7) is 30.2. The van der Waals surface area contributed by atoms with E-state index in [1.807, 2.05) is 30.3 Å². The predicted octanol–water partition coefficient (Wildman–Crippen LogP) is 12.0. The molecule has 0 aromatic heterocycles. The second-order valence-corrected chi connectivity index (χ2v) is 18.8. The Balaban J connectivity index is 0. The Kier molecular flexibility index (Phi) is 20.4. The van der Waals surface area contributed by atoms with Crippen LogP contribution in [0.15, 0.2) is 77.5 Å². The second kappa shape index (κ2) is 20.0. The van der Waals surface area contributed by atoms with Crippen molar-refractivity contribution in [2.75, 3.05) is 0 Å². The van der Waals surface area contributed by atoms with Crippen LogP contribution in [0, 0.1) is 31.1 Å². The van der Waals surface area contributed by atoms with Gasteiger partial charge in [-0.2, -0.15) is 78.7 Å². The standard InChI is InChI=1S/C21H25.C10H17Si.C6H5.C2H5.CH2.2ClH.Zr/c1-20(2,3)16-9-7-14-11-15-8-10-17(21(4,5)6)13-19(15)18(14)12-16;1-8-6-9(2)10(7-8)11(3,4)5;1-2-4-6-5-3-1;1-2;;;;/h7,9-10,12-13H,11H2,1-6H3;7-8H,1-5H3;1-5H;1H2,2H3;1H2;2*1H;/q4*-1;;;;. The largest absolute Gasteiger partial charge is 0.184 e. The third-order valence-electron chi connectivity index (χ3n) is 7.21. The molecule has 242 valence electrons. The Hall–Kier alpha value is -1.31. The molecule has 0 spiro atoms. The van der Waals surface area contributed by atoms with E-state index < -0.39 is 8.07 Å². The van der Waals surface area contributed by atoms with Crippen molar-refractivity contribution in [2.45, 2.75) is 99.2 Å². The second-order valence-electron chi connectivity index (χ2n) is 13.8. The van der Waals surface area contributed by atoms with Crippen LogP contribution in [0.5, 0.6) is 0 Å². The molecule has 0 bridgehead atoms. The summed E-state index contributed by atoms with van der Waals surface area (Å²) in [6, 6.07) is 27.6. The molecule has 0 saturated heterocycles. The Morgan fingerprint density at radius 2 is 1.36 bits per heavy atom. The van der Waals surface area contributed by atoms with Crippen LogP contribution in [0.4, 0.5) is 0 Å². The fourth-order valence-corrected chi connectivity index (χ4v) is 6.92. The number of halogens is 2. The van der Waals surface area contributed by atoms with Crippen molar-refractivity contribution in [2.24, 2.45) is 5.92 Å². The zero-order chi connectivity index (χ0) is 32.3. The van der Waals surface area contributed by atoms with Crippen LogP contribution in [-0.4, -0.2) is 12.3 Å².